The molecule has 3 unspecified atom stereocenters. The van der Waals surface area contributed by atoms with Crippen LogP contribution in [-0.4, -0.2) is 6.04 Å². The number of rotatable bonds is 4. The van der Waals surface area contributed by atoms with E-state index >= 15 is 0 Å². The van der Waals surface area contributed by atoms with E-state index in [0.717, 1.165) is 17.4 Å². The summed E-state index contributed by atoms with van der Waals surface area (Å²) in [6, 6.07) is 11.1. The van der Waals surface area contributed by atoms with Crippen molar-refractivity contribution in [3.05, 3.63) is 35.4 Å². The highest BCUT2D eigenvalue weighted by atomic mass is 14.9. The van der Waals surface area contributed by atoms with Crippen LogP contribution in [0.5, 0.6) is 0 Å². The maximum atomic E-state index is 8.86. The van der Waals surface area contributed by atoms with E-state index in [-0.39, 0.29) is 0 Å². The summed E-state index contributed by atoms with van der Waals surface area (Å²) in [5, 5.41) is 12.7. The SMILES string of the molecule is CC(NC1CCCC(C(C)C)CC1)c1ccc(C#N)cc1. The Morgan fingerprint density at radius 3 is 2.38 bits per heavy atom. The van der Waals surface area contributed by atoms with E-state index in [1.165, 1.54) is 37.7 Å². The first-order valence-corrected chi connectivity index (χ1v) is 8.36. The molecule has 114 valence electrons. The molecule has 0 bridgehead atoms. The predicted octanol–water partition coefficient (Wildman–Crippen LogP) is 4.81. The van der Waals surface area contributed by atoms with Gasteiger partial charge in [0.05, 0.1) is 11.6 Å². The molecule has 0 aromatic heterocycles. The number of nitrogens with one attached hydrogen (secondary N) is 1. The smallest absolute Gasteiger partial charge is 0.0991 e. The normalized spacial score (nSPS) is 24.3. The summed E-state index contributed by atoms with van der Waals surface area (Å²) >= 11 is 0. The Morgan fingerprint density at radius 1 is 1.05 bits per heavy atom. The van der Waals surface area contributed by atoms with Gasteiger partial charge in [-0.3, -0.25) is 0 Å². The predicted molar refractivity (Wildman–Crippen MR) is 87.9 cm³/mol. The van der Waals surface area contributed by atoms with Gasteiger partial charge in [0, 0.05) is 12.1 Å². The van der Waals surface area contributed by atoms with Gasteiger partial charge in [-0.05, 0) is 55.7 Å². The first-order chi connectivity index (χ1) is 10.1. The van der Waals surface area contributed by atoms with Gasteiger partial charge in [-0.25, -0.2) is 0 Å². The minimum atomic E-state index is 0.360. The van der Waals surface area contributed by atoms with Crippen LogP contribution in [0.3, 0.4) is 0 Å². The van der Waals surface area contributed by atoms with Crippen LogP contribution < -0.4 is 5.32 Å². The number of nitrogens with zero attached hydrogens (tertiary/aromatic N) is 1. The molecule has 0 radical (unpaired) electrons. The third kappa shape index (κ3) is 4.58. The van der Waals surface area contributed by atoms with Crippen molar-refractivity contribution in [2.45, 2.75) is 65.0 Å². The van der Waals surface area contributed by atoms with Gasteiger partial charge in [-0.15, -0.1) is 0 Å². The lowest BCUT2D eigenvalue weighted by Gasteiger charge is -2.23. The number of hydrogen-bond donors (Lipinski definition) is 1. The van der Waals surface area contributed by atoms with Crippen LogP contribution in [-0.2, 0) is 0 Å². The maximum Gasteiger partial charge on any atom is 0.0991 e. The van der Waals surface area contributed by atoms with Crippen molar-refractivity contribution in [1.82, 2.24) is 5.32 Å². The summed E-state index contributed by atoms with van der Waals surface area (Å²) in [5.41, 5.74) is 2.01. The van der Waals surface area contributed by atoms with Gasteiger partial charge in [0.25, 0.3) is 0 Å². The summed E-state index contributed by atoms with van der Waals surface area (Å²) in [6.07, 6.45) is 6.68. The van der Waals surface area contributed by atoms with Crippen LogP contribution in [0, 0.1) is 23.2 Å². The van der Waals surface area contributed by atoms with Crippen molar-refractivity contribution in [2.24, 2.45) is 11.8 Å². The monoisotopic (exact) mass is 284 g/mol. The highest BCUT2D eigenvalue weighted by Crippen LogP contribution is 2.29. The molecule has 1 aliphatic rings. The van der Waals surface area contributed by atoms with E-state index in [2.05, 4.69) is 44.3 Å². The highest BCUT2D eigenvalue weighted by Gasteiger charge is 2.22. The molecule has 2 nitrogen and oxygen atoms in total. The molecule has 0 heterocycles. The van der Waals surface area contributed by atoms with Crippen molar-refractivity contribution in [2.75, 3.05) is 0 Å². The van der Waals surface area contributed by atoms with Gasteiger partial charge < -0.3 is 5.32 Å². The lowest BCUT2D eigenvalue weighted by molar-refractivity contribution is 0.335. The van der Waals surface area contributed by atoms with E-state index < -0.39 is 0 Å². The van der Waals surface area contributed by atoms with Crippen LogP contribution in [0.4, 0.5) is 0 Å². The molecule has 0 aliphatic heterocycles. The molecule has 2 heteroatoms. The largest absolute Gasteiger partial charge is 0.307 e. The average Bonchev–Trinajstić information content (AvgIpc) is 2.73. The van der Waals surface area contributed by atoms with E-state index in [0.29, 0.717) is 12.1 Å². The van der Waals surface area contributed by atoms with Crippen LogP contribution in [0.2, 0.25) is 0 Å². The Morgan fingerprint density at radius 2 is 1.76 bits per heavy atom. The molecular weight excluding hydrogens is 256 g/mol. The quantitative estimate of drug-likeness (QED) is 0.805. The molecule has 1 fully saturated rings. The summed E-state index contributed by atoms with van der Waals surface area (Å²) in [5.74, 6) is 1.72. The third-order valence-corrected chi connectivity index (χ3v) is 4.98. The highest BCUT2D eigenvalue weighted by molar-refractivity contribution is 5.32. The van der Waals surface area contributed by atoms with Crippen LogP contribution >= 0.6 is 0 Å². The summed E-state index contributed by atoms with van der Waals surface area (Å²) in [4.78, 5) is 0. The van der Waals surface area contributed by atoms with Gasteiger partial charge in [0.2, 0.25) is 0 Å². The van der Waals surface area contributed by atoms with Gasteiger partial charge in [-0.1, -0.05) is 38.8 Å². The first kappa shape index (κ1) is 16.0. The molecule has 1 saturated carbocycles. The zero-order valence-corrected chi connectivity index (χ0v) is 13.6. The molecule has 1 N–H and O–H groups in total. The fourth-order valence-electron chi connectivity index (χ4n) is 3.46. The molecule has 2 rings (SSSR count). The summed E-state index contributed by atoms with van der Waals surface area (Å²) in [6.45, 7) is 6.95. The zero-order valence-electron chi connectivity index (χ0n) is 13.6. The van der Waals surface area contributed by atoms with E-state index in [9.17, 15) is 0 Å². The zero-order chi connectivity index (χ0) is 15.2. The molecule has 1 aliphatic carbocycles. The second-order valence-electron chi connectivity index (χ2n) is 6.83. The minimum Gasteiger partial charge on any atom is -0.307 e. The molecule has 1 aromatic carbocycles. The van der Waals surface area contributed by atoms with Crippen LogP contribution in [0.1, 0.15) is 70.0 Å². The van der Waals surface area contributed by atoms with Gasteiger partial charge in [-0.2, -0.15) is 5.26 Å². The summed E-state index contributed by atoms with van der Waals surface area (Å²) in [7, 11) is 0. The summed E-state index contributed by atoms with van der Waals surface area (Å²) < 4.78 is 0. The van der Waals surface area contributed by atoms with Crippen molar-refractivity contribution < 1.29 is 0 Å². The van der Waals surface area contributed by atoms with Crippen molar-refractivity contribution in [3.8, 4) is 6.07 Å². The minimum absolute atomic E-state index is 0.360. The van der Waals surface area contributed by atoms with E-state index in [4.69, 9.17) is 5.26 Å². The Balaban J connectivity index is 1.90. The Hall–Kier alpha value is -1.33. The fourth-order valence-corrected chi connectivity index (χ4v) is 3.46. The molecule has 3 atom stereocenters. The number of nitriles is 1. The lowest BCUT2D eigenvalue weighted by Crippen LogP contribution is -2.31. The standard InChI is InChI=1S/C19H28N2/c1-14(2)17-5-4-6-19(12-11-17)21-15(3)18-9-7-16(13-20)8-10-18/h7-10,14-15,17,19,21H,4-6,11-12H2,1-3H3. The topological polar surface area (TPSA) is 35.8 Å². The van der Waals surface area contributed by atoms with Crippen molar-refractivity contribution in [3.63, 3.8) is 0 Å². The molecule has 0 spiro atoms. The van der Waals surface area contributed by atoms with Crippen molar-refractivity contribution in [1.29, 1.82) is 5.26 Å². The van der Waals surface area contributed by atoms with Gasteiger partial charge in [0.1, 0.15) is 0 Å². The Labute approximate surface area is 129 Å². The molecule has 0 saturated heterocycles. The van der Waals surface area contributed by atoms with Crippen molar-refractivity contribution >= 4 is 0 Å². The lowest BCUT2D eigenvalue weighted by atomic mass is 9.89. The van der Waals surface area contributed by atoms with E-state index in [1.807, 2.05) is 12.1 Å². The number of hydrogen-bond acceptors (Lipinski definition) is 2. The fraction of sp³-hybridized carbons (Fsp3) is 0.632. The third-order valence-electron chi connectivity index (χ3n) is 4.98. The average molecular weight is 284 g/mol. The molecule has 1 aromatic rings. The molecular formula is C19H28N2. The van der Waals surface area contributed by atoms with Crippen LogP contribution in [0.15, 0.2) is 24.3 Å². The second kappa shape index (κ2) is 7.61. The number of benzene rings is 1. The molecule has 0 amide bonds. The second-order valence-corrected chi connectivity index (χ2v) is 6.83. The van der Waals surface area contributed by atoms with Gasteiger partial charge in [0.15, 0.2) is 0 Å². The first-order valence-electron chi connectivity index (χ1n) is 8.36. The van der Waals surface area contributed by atoms with E-state index in [1.54, 1.807) is 0 Å². The maximum absolute atomic E-state index is 8.86. The molecule has 21 heavy (non-hydrogen) atoms. The van der Waals surface area contributed by atoms with Gasteiger partial charge >= 0.3 is 0 Å². The van der Waals surface area contributed by atoms with Crippen LogP contribution in [0.25, 0.3) is 0 Å². The Bertz CT molecular complexity index is 469. The Kier molecular flexibility index (Phi) is 5.82.